The van der Waals surface area contributed by atoms with Gasteiger partial charge in [0.15, 0.2) is 0 Å². The highest BCUT2D eigenvalue weighted by Crippen LogP contribution is 2.19. The molecule has 0 aliphatic heterocycles. The maximum Gasteiger partial charge on any atom is 0.150 e. The quantitative estimate of drug-likeness (QED) is 0.447. The summed E-state index contributed by atoms with van der Waals surface area (Å²) < 4.78 is 0. The molecule has 1 rings (SSSR count). The molecule has 0 aliphatic carbocycles. The van der Waals surface area contributed by atoms with E-state index in [4.69, 9.17) is 0 Å². The fraction of sp³-hybridized carbons (Fsp3) is 0.200. The Hall–Kier alpha value is -1.96. The van der Waals surface area contributed by atoms with E-state index in [-0.39, 0.29) is 0 Å². The molecule has 0 aliphatic rings. The summed E-state index contributed by atoms with van der Waals surface area (Å²) in [7, 11) is 0. The minimum absolute atomic E-state index is 0.590. The first-order valence-electron chi connectivity index (χ1n) is 5.48. The van der Waals surface area contributed by atoms with Crippen LogP contribution in [0.1, 0.15) is 25.1 Å². The summed E-state index contributed by atoms with van der Waals surface area (Å²) in [5, 5.41) is 0. The van der Waals surface area contributed by atoms with Gasteiger partial charge in [0.2, 0.25) is 0 Å². The van der Waals surface area contributed by atoms with E-state index < -0.39 is 0 Å². The number of rotatable bonds is 4. The fourth-order valence-corrected chi connectivity index (χ4v) is 1.51. The summed E-state index contributed by atoms with van der Waals surface area (Å²) in [6.45, 7) is 9.58. The molecule has 17 heavy (non-hydrogen) atoms. The van der Waals surface area contributed by atoms with Crippen LogP contribution in [0, 0.1) is 6.92 Å². The van der Waals surface area contributed by atoms with Crippen LogP contribution < -0.4 is 0 Å². The van der Waals surface area contributed by atoms with E-state index in [2.05, 4.69) is 11.6 Å². The summed E-state index contributed by atoms with van der Waals surface area (Å²) in [4.78, 5) is 14.9. The van der Waals surface area contributed by atoms with E-state index in [1.54, 1.807) is 12.3 Å². The molecule has 0 N–H and O–H groups in total. The molecule has 0 bridgehead atoms. The van der Waals surface area contributed by atoms with Gasteiger partial charge in [0.05, 0.1) is 0 Å². The van der Waals surface area contributed by atoms with Crippen molar-refractivity contribution in [2.45, 2.75) is 20.8 Å². The van der Waals surface area contributed by atoms with Gasteiger partial charge in [0.25, 0.3) is 0 Å². The topological polar surface area (TPSA) is 30.0 Å². The summed E-state index contributed by atoms with van der Waals surface area (Å²) in [5.74, 6) is 0. The van der Waals surface area contributed by atoms with E-state index in [1.807, 2.05) is 39.0 Å². The third kappa shape index (κ3) is 3.52. The molecular weight excluding hydrogens is 210 g/mol. The molecule has 0 saturated heterocycles. The predicted molar refractivity (Wildman–Crippen MR) is 71.6 cm³/mol. The number of hydrogen-bond acceptors (Lipinski definition) is 2. The first-order chi connectivity index (χ1) is 8.08. The Kier molecular flexibility index (Phi) is 4.58. The standard InChI is InChI=1S/C15H17NO/c1-5-14(10-17)8-11(2)13(4)15-6-7-16-12(3)9-15/h5-10H,1H2,2-4H3/b13-11+,14-8+. The Morgan fingerprint density at radius 3 is 2.65 bits per heavy atom. The SMILES string of the molecule is C=C/C(C=O)=C\C(C)=C(/C)c1ccnc(C)c1. The van der Waals surface area contributed by atoms with Crippen molar-refractivity contribution in [3.63, 3.8) is 0 Å². The average molecular weight is 227 g/mol. The van der Waals surface area contributed by atoms with Crippen LogP contribution in [0.5, 0.6) is 0 Å². The molecule has 2 heteroatoms. The lowest BCUT2D eigenvalue weighted by molar-refractivity contribution is -0.104. The largest absolute Gasteiger partial charge is 0.298 e. The first-order valence-corrected chi connectivity index (χ1v) is 5.48. The molecule has 0 spiro atoms. The minimum Gasteiger partial charge on any atom is -0.298 e. The highest BCUT2D eigenvalue weighted by atomic mass is 16.1. The van der Waals surface area contributed by atoms with Crippen LogP contribution >= 0.6 is 0 Å². The number of allylic oxidation sites excluding steroid dienone is 5. The van der Waals surface area contributed by atoms with Crippen molar-refractivity contribution in [3.05, 3.63) is 59.5 Å². The smallest absolute Gasteiger partial charge is 0.150 e. The van der Waals surface area contributed by atoms with Crippen molar-refractivity contribution >= 4 is 11.9 Å². The number of carbonyl (C=O) groups excluding carboxylic acids is 1. The van der Waals surface area contributed by atoms with Crippen LogP contribution in [0.2, 0.25) is 0 Å². The van der Waals surface area contributed by atoms with E-state index in [0.717, 1.165) is 28.7 Å². The molecule has 2 nitrogen and oxygen atoms in total. The van der Waals surface area contributed by atoms with Crippen LogP contribution in [0.3, 0.4) is 0 Å². The number of carbonyl (C=O) groups is 1. The molecule has 0 amide bonds. The Morgan fingerprint density at radius 2 is 2.12 bits per heavy atom. The Bertz CT molecular complexity index is 485. The van der Waals surface area contributed by atoms with Crippen molar-refractivity contribution < 1.29 is 4.79 Å². The Morgan fingerprint density at radius 1 is 1.41 bits per heavy atom. The lowest BCUT2D eigenvalue weighted by atomic mass is 10.0. The molecule has 1 aromatic heterocycles. The Balaban J connectivity index is 3.17. The molecule has 0 fully saturated rings. The highest BCUT2D eigenvalue weighted by molar-refractivity contribution is 5.80. The molecule has 0 radical (unpaired) electrons. The van der Waals surface area contributed by atoms with Crippen LogP contribution in [0.25, 0.3) is 5.57 Å². The summed E-state index contributed by atoms with van der Waals surface area (Å²) in [5.41, 5.74) is 4.89. The van der Waals surface area contributed by atoms with Gasteiger partial charge < -0.3 is 0 Å². The van der Waals surface area contributed by atoms with E-state index in [0.29, 0.717) is 5.57 Å². The Labute approximate surface area is 102 Å². The van der Waals surface area contributed by atoms with Gasteiger partial charge in [-0.2, -0.15) is 0 Å². The molecule has 0 unspecified atom stereocenters. The zero-order chi connectivity index (χ0) is 12.8. The van der Waals surface area contributed by atoms with Crippen molar-refractivity contribution in [3.8, 4) is 0 Å². The van der Waals surface area contributed by atoms with Gasteiger partial charge >= 0.3 is 0 Å². The first kappa shape index (κ1) is 13.1. The number of aldehydes is 1. The monoisotopic (exact) mass is 227 g/mol. The molecular formula is C15H17NO. The fourth-order valence-electron chi connectivity index (χ4n) is 1.51. The van der Waals surface area contributed by atoms with Crippen molar-refractivity contribution in [1.29, 1.82) is 0 Å². The number of pyridine rings is 1. The van der Waals surface area contributed by atoms with Gasteiger partial charge in [-0.05, 0) is 55.7 Å². The second-order valence-electron chi connectivity index (χ2n) is 3.96. The number of aryl methyl sites for hydroxylation is 1. The maximum atomic E-state index is 10.7. The van der Waals surface area contributed by atoms with Gasteiger partial charge in [-0.1, -0.05) is 12.7 Å². The molecule has 1 heterocycles. The highest BCUT2D eigenvalue weighted by Gasteiger charge is 2.00. The minimum atomic E-state index is 0.590. The van der Waals surface area contributed by atoms with Gasteiger partial charge in [-0.25, -0.2) is 0 Å². The van der Waals surface area contributed by atoms with E-state index >= 15 is 0 Å². The van der Waals surface area contributed by atoms with E-state index in [9.17, 15) is 4.79 Å². The summed E-state index contributed by atoms with van der Waals surface area (Å²) >= 11 is 0. The zero-order valence-electron chi connectivity index (χ0n) is 10.5. The lowest BCUT2D eigenvalue weighted by Gasteiger charge is -2.05. The second kappa shape index (κ2) is 5.94. The normalized spacial score (nSPS) is 13.0. The van der Waals surface area contributed by atoms with Crippen molar-refractivity contribution in [1.82, 2.24) is 4.98 Å². The zero-order valence-corrected chi connectivity index (χ0v) is 10.5. The number of hydrogen-bond donors (Lipinski definition) is 0. The average Bonchev–Trinajstić information content (AvgIpc) is 2.34. The van der Waals surface area contributed by atoms with Crippen molar-refractivity contribution in [2.75, 3.05) is 0 Å². The van der Waals surface area contributed by atoms with E-state index in [1.165, 1.54) is 0 Å². The molecule has 88 valence electrons. The summed E-state index contributed by atoms with van der Waals surface area (Å²) in [6.07, 6.45) is 5.99. The number of nitrogens with zero attached hydrogens (tertiary/aromatic N) is 1. The van der Waals surface area contributed by atoms with Crippen LogP contribution in [0.15, 0.2) is 48.2 Å². The van der Waals surface area contributed by atoms with Gasteiger partial charge in [0.1, 0.15) is 6.29 Å². The van der Waals surface area contributed by atoms with Gasteiger partial charge in [0, 0.05) is 17.5 Å². The molecule has 0 atom stereocenters. The summed E-state index contributed by atoms with van der Waals surface area (Å²) in [6, 6.07) is 4.00. The molecule has 1 aromatic rings. The van der Waals surface area contributed by atoms with Gasteiger partial charge in [-0.15, -0.1) is 0 Å². The third-order valence-electron chi connectivity index (χ3n) is 2.68. The molecule has 0 saturated carbocycles. The van der Waals surface area contributed by atoms with Crippen LogP contribution in [-0.2, 0) is 4.79 Å². The predicted octanol–water partition coefficient (Wildman–Crippen LogP) is 3.49. The van der Waals surface area contributed by atoms with Crippen LogP contribution in [0.4, 0.5) is 0 Å². The second-order valence-corrected chi connectivity index (χ2v) is 3.96. The number of aromatic nitrogens is 1. The maximum absolute atomic E-state index is 10.7. The van der Waals surface area contributed by atoms with Gasteiger partial charge in [-0.3, -0.25) is 9.78 Å². The molecule has 0 aromatic carbocycles. The van der Waals surface area contributed by atoms with Crippen LogP contribution in [-0.4, -0.2) is 11.3 Å². The lowest BCUT2D eigenvalue weighted by Crippen LogP contribution is -1.88. The van der Waals surface area contributed by atoms with Crippen molar-refractivity contribution in [2.24, 2.45) is 0 Å². The third-order valence-corrected chi connectivity index (χ3v) is 2.68.